The lowest BCUT2D eigenvalue weighted by atomic mass is 10.2. The van der Waals surface area contributed by atoms with Crippen LogP contribution in [0.25, 0.3) is 0 Å². The highest BCUT2D eigenvalue weighted by Gasteiger charge is 2.33. The molecular weight excluding hydrogens is 383 g/mol. The molecule has 10 heteroatoms. The van der Waals surface area contributed by atoms with Crippen LogP contribution in [0.4, 0.5) is 24.7 Å². The van der Waals surface area contributed by atoms with Crippen molar-refractivity contribution < 1.29 is 18.0 Å². The lowest BCUT2D eigenvalue weighted by molar-refractivity contribution is -0.137. The fourth-order valence-corrected chi connectivity index (χ4v) is 2.88. The second-order valence-electron chi connectivity index (χ2n) is 6.22. The van der Waals surface area contributed by atoms with Gasteiger partial charge in [-0.1, -0.05) is 11.6 Å². The van der Waals surface area contributed by atoms with Gasteiger partial charge in [0.25, 0.3) is 5.91 Å². The number of aromatic nitrogens is 2. The topological polar surface area (TPSA) is 61.4 Å². The maximum Gasteiger partial charge on any atom is 0.417 e. The van der Waals surface area contributed by atoms with E-state index in [4.69, 9.17) is 11.6 Å². The number of nitrogens with zero attached hydrogens (tertiary/aromatic N) is 4. The molecule has 1 fully saturated rings. The van der Waals surface area contributed by atoms with E-state index in [1.54, 1.807) is 4.90 Å². The molecule has 1 aliphatic rings. The molecule has 1 aromatic heterocycles. The van der Waals surface area contributed by atoms with Crippen LogP contribution in [0.1, 0.15) is 16.1 Å². The van der Waals surface area contributed by atoms with Gasteiger partial charge in [0.1, 0.15) is 0 Å². The number of likely N-dealkylation sites (N-methyl/N-ethyl adjacent to an activating group) is 1. The zero-order valence-electron chi connectivity index (χ0n) is 14.4. The van der Waals surface area contributed by atoms with Crippen LogP contribution in [0.3, 0.4) is 0 Å². The summed E-state index contributed by atoms with van der Waals surface area (Å²) in [6.45, 7) is 2.80. The fourth-order valence-electron chi connectivity index (χ4n) is 2.65. The van der Waals surface area contributed by atoms with Crippen LogP contribution in [0.5, 0.6) is 0 Å². The van der Waals surface area contributed by atoms with E-state index in [-0.39, 0.29) is 28.1 Å². The molecule has 1 saturated heterocycles. The van der Waals surface area contributed by atoms with E-state index in [9.17, 15) is 18.0 Å². The van der Waals surface area contributed by atoms with Crippen molar-refractivity contribution in [2.45, 2.75) is 6.18 Å². The standard InChI is InChI=1S/C17H17ClF3N5O/c1-25-6-8-26(9-7-25)16(27)14-4-5-15(24-23-14)22-11-2-3-13(18)12(10-11)17(19,20)21/h2-5,10H,6-9H2,1H3,(H,22,24). The Morgan fingerprint density at radius 3 is 2.41 bits per heavy atom. The van der Waals surface area contributed by atoms with Crippen molar-refractivity contribution in [3.8, 4) is 0 Å². The Bertz CT molecular complexity index is 820. The molecule has 0 radical (unpaired) electrons. The number of halogens is 4. The molecule has 0 aliphatic carbocycles. The van der Waals surface area contributed by atoms with Crippen LogP contribution in [0.2, 0.25) is 5.02 Å². The highest BCUT2D eigenvalue weighted by Crippen LogP contribution is 2.36. The molecule has 3 rings (SSSR count). The van der Waals surface area contributed by atoms with Crippen LogP contribution in [-0.4, -0.2) is 59.1 Å². The number of amides is 1. The first-order valence-corrected chi connectivity index (χ1v) is 8.57. The summed E-state index contributed by atoms with van der Waals surface area (Å²) in [6.07, 6.45) is -4.56. The average molecular weight is 400 g/mol. The molecule has 1 N–H and O–H groups in total. The summed E-state index contributed by atoms with van der Waals surface area (Å²) >= 11 is 5.60. The number of alkyl halides is 3. The molecule has 0 spiro atoms. The molecule has 1 aromatic carbocycles. The predicted molar refractivity (Wildman–Crippen MR) is 95.2 cm³/mol. The van der Waals surface area contributed by atoms with Gasteiger partial charge in [-0.3, -0.25) is 4.79 Å². The van der Waals surface area contributed by atoms with Crippen LogP contribution < -0.4 is 5.32 Å². The van der Waals surface area contributed by atoms with E-state index in [0.29, 0.717) is 13.1 Å². The molecular formula is C17H17ClF3N5O. The summed E-state index contributed by atoms with van der Waals surface area (Å²) in [5, 5.41) is 10.1. The third kappa shape index (κ3) is 4.67. The summed E-state index contributed by atoms with van der Waals surface area (Å²) in [7, 11) is 1.99. The van der Waals surface area contributed by atoms with E-state index in [1.807, 2.05) is 7.05 Å². The molecule has 0 saturated carbocycles. The van der Waals surface area contributed by atoms with Crippen molar-refractivity contribution in [2.75, 3.05) is 38.5 Å². The normalized spacial score (nSPS) is 15.7. The average Bonchev–Trinajstić information content (AvgIpc) is 2.63. The minimum absolute atomic E-state index is 0.166. The Balaban J connectivity index is 1.70. The lowest BCUT2D eigenvalue weighted by Crippen LogP contribution is -2.47. The Kier molecular flexibility index (Phi) is 5.52. The highest BCUT2D eigenvalue weighted by molar-refractivity contribution is 6.31. The number of hydrogen-bond donors (Lipinski definition) is 1. The van der Waals surface area contributed by atoms with E-state index >= 15 is 0 Å². The van der Waals surface area contributed by atoms with Crippen molar-refractivity contribution >= 4 is 29.0 Å². The summed E-state index contributed by atoms with van der Waals surface area (Å²) < 4.78 is 38.8. The number of rotatable bonds is 3. The number of benzene rings is 1. The second kappa shape index (κ2) is 7.69. The van der Waals surface area contributed by atoms with Gasteiger partial charge in [-0.25, -0.2) is 0 Å². The van der Waals surface area contributed by atoms with Gasteiger partial charge in [0.05, 0.1) is 10.6 Å². The number of nitrogens with one attached hydrogen (secondary N) is 1. The maximum atomic E-state index is 12.9. The number of anilines is 2. The molecule has 2 aromatic rings. The molecule has 1 aliphatic heterocycles. The highest BCUT2D eigenvalue weighted by atomic mass is 35.5. The van der Waals surface area contributed by atoms with Gasteiger partial charge in [0, 0.05) is 31.9 Å². The molecule has 6 nitrogen and oxygen atoms in total. The summed E-state index contributed by atoms with van der Waals surface area (Å²) in [4.78, 5) is 16.2. The minimum atomic E-state index is -4.56. The molecule has 0 unspecified atom stereocenters. The van der Waals surface area contributed by atoms with E-state index in [2.05, 4.69) is 20.4 Å². The van der Waals surface area contributed by atoms with Gasteiger partial charge in [0.2, 0.25) is 0 Å². The zero-order chi connectivity index (χ0) is 19.6. The third-order valence-corrected chi connectivity index (χ3v) is 4.55. The molecule has 144 valence electrons. The quantitative estimate of drug-likeness (QED) is 0.858. The Hall–Kier alpha value is -2.39. The third-order valence-electron chi connectivity index (χ3n) is 4.22. The number of carbonyl (C=O) groups excluding carboxylic acids is 1. The largest absolute Gasteiger partial charge is 0.417 e. The predicted octanol–water partition coefficient (Wildman–Crippen LogP) is 3.28. The van der Waals surface area contributed by atoms with Crippen molar-refractivity contribution in [1.82, 2.24) is 20.0 Å². The van der Waals surface area contributed by atoms with E-state index in [1.165, 1.54) is 18.2 Å². The van der Waals surface area contributed by atoms with Gasteiger partial charge in [-0.2, -0.15) is 13.2 Å². The minimum Gasteiger partial charge on any atom is -0.339 e. The Morgan fingerprint density at radius 1 is 1.11 bits per heavy atom. The summed E-state index contributed by atoms with van der Waals surface area (Å²) in [5.74, 6) is 0.00775. The van der Waals surface area contributed by atoms with Gasteiger partial charge >= 0.3 is 6.18 Å². The first-order valence-electron chi connectivity index (χ1n) is 8.19. The Morgan fingerprint density at radius 2 is 1.81 bits per heavy atom. The van der Waals surface area contributed by atoms with Crippen LogP contribution in [0.15, 0.2) is 30.3 Å². The first-order chi connectivity index (χ1) is 12.7. The molecule has 0 bridgehead atoms. The molecule has 0 atom stereocenters. The van der Waals surface area contributed by atoms with Crippen molar-refractivity contribution in [2.24, 2.45) is 0 Å². The van der Waals surface area contributed by atoms with E-state index in [0.717, 1.165) is 25.2 Å². The molecule has 1 amide bonds. The summed E-state index contributed by atoms with van der Waals surface area (Å²) in [5.41, 5.74) is -0.583. The van der Waals surface area contributed by atoms with Gasteiger partial charge in [-0.15, -0.1) is 10.2 Å². The SMILES string of the molecule is CN1CCN(C(=O)c2ccc(Nc3ccc(Cl)c(C(F)(F)F)c3)nn2)CC1. The fraction of sp³-hybridized carbons (Fsp3) is 0.353. The van der Waals surface area contributed by atoms with Crippen LogP contribution in [-0.2, 0) is 6.18 Å². The van der Waals surface area contributed by atoms with E-state index < -0.39 is 11.7 Å². The Labute approximate surface area is 158 Å². The monoisotopic (exact) mass is 399 g/mol. The number of hydrogen-bond acceptors (Lipinski definition) is 5. The van der Waals surface area contributed by atoms with Crippen LogP contribution >= 0.6 is 11.6 Å². The summed E-state index contributed by atoms with van der Waals surface area (Å²) in [6, 6.07) is 6.45. The van der Waals surface area contributed by atoms with Gasteiger partial charge in [0.15, 0.2) is 11.5 Å². The smallest absolute Gasteiger partial charge is 0.339 e. The van der Waals surface area contributed by atoms with Crippen molar-refractivity contribution in [1.29, 1.82) is 0 Å². The van der Waals surface area contributed by atoms with Crippen LogP contribution in [0, 0.1) is 0 Å². The number of piperazine rings is 1. The number of carbonyl (C=O) groups is 1. The lowest BCUT2D eigenvalue weighted by Gasteiger charge is -2.32. The van der Waals surface area contributed by atoms with Crippen molar-refractivity contribution in [3.05, 3.63) is 46.6 Å². The molecule has 2 heterocycles. The van der Waals surface area contributed by atoms with Gasteiger partial charge < -0.3 is 15.1 Å². The molecule has 27 heavy (non-hydrogen) atoms. The van der Waals surface area contributed by atoms with Crippen molar-refractivity contribution in [3.63, 3.8) is 0 Å². The first kappa shape index (κ1) is 19.4. The maximum absolute atomic E-state index is 12.9. The zero-order valence-corrected chi connectivity index (χ0v) is 15.2. The van der Waals surface area contributed by atoms with Gasteiger partial charge in [-0.05, 0) is 37.4 Å². The second-order valence-corrected chi connectivity index (χ2v) is 6.62.